The molecule has 1 N–H and O–H groups in total. The van der Waals surface area contributed by atoms with Crippen LogP contribution in [-0.4, -0.2) is 37.6 Å². The Labute approximate surface area is 141 Å². The Morgan fingerprint density at radius 1 is 1.43 bits per heavy atom. The van der Waals surface area contributed by atoms with E-state index in [1.165, 1.54) is 0 Å². The first-order valence-corrected chi connectivity index (χ1v) is 8.44. The van der Waals surface area contributed by atoms with Crippen LogP contribution in [0.25, 0.3) is 0 Å². The summed E-state index contributed by atoms with van der Waals surface area (Å²) in [7, 11) is 0. The molecular formula is C17H23ClN2O3. The van der Waals surface area contributed by atoms with Gasteiger partial charge in [-0.1, -0.05) is 23.7 Å². The standard InChI is InChI=1S/C17H23ClN2O3/c1-2-23-12-6-10-16(21)19-14-8-5-11-20(17(14)22)15-9-4-3-7-13(15)18/h3-4,7,9,14H,2,5-6,8,10-12H2,1H3,(H,19,21). The van der Waals surface area contributed by atoms with Crippen LogP contribution in [0.1, 0.15) is 32.6 Å². The van der Waals surface area contributed by atoms with Crippen molar-refractivity contribution >= 4 is 29.1 Å². The molecule has 0 saturated carbocycles. The number of piperidine rings is 1. The zero-order chi connectivity index (χ0) is 16.7. The van der Waals surface area contributed by atoms with Gasteiger partial charge in [-0.25, -0.2) is 0 Å². The van der Waals surface area contributed by atoms with Crippen molar-refractivity contribution in [2.24, 2.45) is 0 Å². The molecule has 0 bridgehead atoms. The number of ether oxygens (including phenoxy) is 1. The fraction of sp³-hybridized carbons (Fsp3) is 0.529. The molecule has 2 amide bonds. The van der Waals surface area contributed by atoms with Crippen molar-refractivity contribution in [1.29, 1.82) is 0 Å². The minimum Gasteiger partial charge on any atom is -0.382 e. The lowest BCUT2D eigenvalue weighted by Gasteiger charge is -2.33. The molecule has 5 nitrogen and oxygen atoms in total. The van der Waals surface area contributed by atoms with Gasteiger partial charge in [-0.2, -0.15) is 0 Å². The third-order valence-corrected chi connectivity index (χ3v) is 4.13. The molecule has 0 radical (unpaired) electrons. The van der Waals surface area contributed by atoms with E-state index in [2.05, 4.69) is 5.32 Å². The maximum Gasteiger partial charge on any atom is 0.249 e. The number of nitrogens with zero attached hydrogens (tertiary/aromatic N) is 1. The van der Waals surface area contributed by atoms with Crippen LogP contribution in [-0.2, 0) is 14.3 Å². The number of carbonyl (C=O) groups is 2. The van der Waals surface area contributed by atoms with Crippen molar-refractivity contribution in [2.45, 2.75) is 38.6 Å². The average molecular weight is 339 g/mol. The lowest BCUT2D eigenvalue weighted by molar-refractivity contribution is -0.128. The zero-order valence-electron chi connectivity index (χ0n) is 13.4. The van der Waals surface area contributed by atoms with E-state index in [0.29, 0.717) is 49.7 Å². The van der Waals surface area contributed by atoms with E-state index in [0.717, 1.165) is 6.42 Å². The number of nitrogens with one attached hydrogen (secondary N) is 1. The summed E-state index contributed by atoms with van der Waals surface area (Å²) < 4.78 is 5.21. The van der Waals surface area contributed by atoms with E-state index in [9.17, 15) is 9.59 Å². The van der Waals surface area contributed by atoms with Gasteiger partial charge in [0.25, 0.3) is 0 Å². The molecule has 1 fully saturated rings. The molecular weight excluding hydrogens is 316 g/mol. The van der Waals surface area contributed by atoms with Gasteiger partial charge in [0.15, 0.2) is 0 Å². The van der Waals surface area contributed by atoms with Crippen molar-refractivity contribution in [3.63, 3.8) is 0 Å². The molecule has 0 spiro atoms. The lowest BCUT2D eigenvalue weighted by Crippen LogP contribution is -2.52. The normalized spacial score (nSPS) is 18.1. The Morgan fingerprint density at radius 2 is 2.22 bits per heavy atom. The highest BCUT2D eigenvalue weighted by Gasteiger charge is 2.31. The van der Waals surface area contributed by atoms with Gasteiger partial charge in [-0.3, -0.25) is 9.59 Å². The molecule has 1 heterocycles. The number of hydrogen-bond donors (Lipinski definition) is 1. The van der Waals surface area contributed by atoms with Crippen LogP contribution in [0.5, 0.6) is 0 Å². The summed E-state index contributed by atoms with van der Waals surface area (Å²) in [4.78, 5) is 26.2. The van der Waals surface area contributed by atoms with Crippen molar-refractivity contribution in [3.05, 3.63) is 29.3 Å². The first-order chi connectivity index (χ1) is 11.1. The third-order valence-electron chi connectivity index (χ3n) is 3.81. The molecule has 2 rings (SSSR count). The predicted molar refractivity (Wildman–Crippen MR) is 90.7 cm³/mol. The Bertz CT molecular complexity index is 550. The van der Waals surface area contributed by atoms with Gasteiger partial charge in [0.05, 0.1) is 10.7 Å². The summed E-state index contributed by atoms with van der Waals surface area (Å²) in [5.41, 5.74) is 0.703. The molecule has 126 valence electrons. The molecule has 23 heavy (non-hydrogen) atoms. The number of halogens is 1. The highest BCUT2D eigenvalue weighted by Crippen LogP contribution is 2.28. The van der Waals surface area contributed by atoms with Crippen molar-refractivity contribution < 1.29 is 14.3 Å². The van der Waals surface area contributed by atoms with Crippen molar-refractivity contribution in [2.75, 3.05) is 24.7 Å². The molecule has 1 aromatic carbocycles. The highest BCUT2D eigenvalue weighted by atomic mass is 35.5. The predicted octanol–water partition coefficient (Wildman–Crippen LogP) is 2.77. The van der Waals surface area contributed by atoms with Crippen molar-refractivity contribution in [1.82, 2.24) is 5.32 Å². The number of anilines is 1. The zero-order valence-corrected chi connectivity index (χ0v) is 14.1. The Morgan fingerprint density at radius 3 is 2.96 bits per heavy atom. The van der Waals surface area contributed by atoms with Crippen LogP contribution in [0.4, 0.5) is 5.69 Å². The van der Waals surface area contributed by atoms with Crippen LogP contribution in [0.3, 0.4) is 0 Å². The van der Waals surface area contributed by atoms with E-state index < -0.39 is 6.04 Å². The number of rotatable bonds is 7. The van der Waals surface area contributed by atoms with E-state index in [1.54, 1.807) is 11.0 Å². The summed E-state index contributed by atoms with van der Waals surface area (Å²) >= 11 is 6.18. The lowest BCUT2D eigenvalue weighted by atomic mass is 10.0. The first kappa shape index (κ1) is 17.8. The van der Waals surface area contributed by atoms with Gasteiger partial charge in [-0.05, 0) is 38.3 Å². The van der Waals surface area contributed by atoms with Crippen LogP contribution >= 0.6 is 11.6 Å². The number of benzene rings is 1. The SMILES string of the molecule is CCOCCCC(=O)NC1CCCN(c2ccccc2Cl)C1=O. The molecule has 6 heteroatoms. The summed E-state index contributed by atoms with van der Waals surface area (Å²) in [6.07, 6.45) is 2.53. The Hall–Kier alpha value is -1.59. The smallest absolute Gasteiger partial charge is 0.249 e. The summed E-state index contributed by atoms with van der Waals surface area (Å²) in [5, 5.41) is 3.38. The summed E-state index contributed by atoms with van der Waals surface area (Å²) in [5.74, 6) is -0.202. The van der Waals surface area contributed by atoms with Gasteiger partial charge in [0, 0.05) is 26.2 Å². The minimum atomic E-state index is -0.473. The first-order valence-electron chi connectivity index (χ1n) is 8.06. The van der Waals surface area contributed by atoms with Crippen LogP contribution < -0.4 is 10.2 Å². The topological polar surface area (TPSA) is 58.6 Å². The van der Waals surface area contributed by atoms with E-state index in [4.69, 9.17) is 16.3 Å². The van der Waals surface area contributed by atoms with Gasteiger partial charge >= 0.3 is 0 Å². The second-order valence-corrected chi connectivity index (χ2v) is 5.91. The molecule has 1 atom stereocenters. The monoisotopic (exact) mass is 338 g/mol. The van der Waals surface area contributed by atoms with E-state index in [-0.39, 0.29) is 11.8 Å². The molecule has 1 saturated heterocycles. The van der Waals surface area contributed by atoms with Crippen LogP contribution in [0, 0.1) is 0 Å². The highest BCUT2D eigenvalue weighted by molar-refractivity contribution is 6.33. The maximum atomic E-state index is 12.6. The summed E-state index contributed by atoms with van der Waals surface area (Å²) in [6, 6.07) is 6.80. The van der Waals surface area contributed by atoms with E-state index >= 15 is 0 Å². The molecule has 0 aromatic heterocycles. The Kier molecular flexibility index (Phi) is 6.86. The Balaban J connectivity index is 1.92. The molecule has 1 aliphatic rings. The molecule has 1 aliphatic heterocycles. The van der Waals surface area contributed by atoms with Crippen molar-refractivity contribution in [3.8, 4) is 0 Å². The van der Waals surface area contributed by atoms with Crippen LogP contribution in [0.2, 0.25) is 5.02 Å². The fourth-order valence-electron chi connectivity index (χ4n) is 2.66. The quantitative estimate of drug-likeness (QED) is 0.778. The largest absolute Gasteiger partial charge is 0.382 e. The van der Waals surface area contributed by atoms with Gasteiger partial charge in [0.2, 0.25) is 11.8 Å². The second-order valence-electron chi connectivity index (χ2n) is 5.50. The number of amides is 2. The number of carbonyl (C=O) groups excluding carboxylic acids is 2. The van der Waals surface area contributed by atoms with Gasteiger partial charge < -0.3 is 15.0 Å². The third kappa shape index (κ3) is 4.94. The molecule has 0 aliphatic carbocycles. The van der Waals surface area contributed by atoms with Gasteiger partial charge in [0.1, 0.15) is 6.04 Å². The fourth-order valence-corrected chi connectivity index (χ4v) is 2.90. The van der Waals surface area contributed by atoms with E-state index in [1.807, 2.05) is 25.1 Å². The van der Waals surface area contributed by atoms with Crippen LogP contribution in [0.15, 0.2) is 24.3 Å². The second kappa shape index (κ2) is 8.89. The van der Waals surface area contributed by atoms with Gasteiger partial charge in [-0.15, -0.1) is 0 Å². The number of hydrogen-bond acceptors (Lipinski definition) is 3. The minimum absolute atomic E-state index is 0.0949. The number of para-hydroxylation sites is 1. The molecule has 1 aromatic rings. The summed E-state index contributed by atoms with van der Waals surface area (Å²) in [6.45, 7) is 3.76. The average Bonchev–Trinajstić information content (AvgIpc) is 2.54. The molecule has 1 unspecified atom stereocenters. The maximum absolute atomic E-state index is 12.6.